The zero-order valence-corrected chi connectivity index (χ0v) is 18.7. The maximum atomic E-state index is 13.0. The summed E-state index contributed by atoms with van der Waals surface area (Å²) in [5.74, 6) is -1.86. The normalized spacial score (nSPS) is 17.6. The summed E-state index contributed by atoms with van der Waals surface area (Å²) in [6.07, 6.45) is 0.859. The Bertz CT molecular complexity index is 1030. The summed E-state index contributed by atoms with van der Waals surface area (Å²) >= 11 is 0. The number of aliphatic carboxylic acids is 1. The first-order chi connectivity index (χ1) is 15.8. The minimum absolute atomic E-state index is 0.0914. The van der Waals surface area contributed by atoms with Gasteiger partial charge in [0, 0.05) is 13.0 Å². The van der Waals surface area contributed by atoms with E-state index in [4.69, 9.17) is 9.47 Å². The molecule has 0 heterocycles. The second-order valence-corrected chi connectivity index (χ2v) is 8.91. The number of ether oxygens (including phenoxy) is 2. The van der Waals surface area contributed by atoms with Gasteiger partial charge in [0.2, 0.25) is 5.91 Å². The van der Waals surface area contributed by atoms with Gasteiger partial charge < -0.3 is 25.2 Å². The third-order valence-corrected chi connectivity index (χ3v) is 6.62. The average Bonchev–Trinajstić information content (AvgIpc) is 3.08. The second kappa shape index (κ2) is 8.86. The van der Waals surface area contributed by atoms with Gasteiger partial charge in [-0.2, -0.15) is 0 Å². The zero-order valence-electron chi connectivity index (χ0n) is 18.7. The standard InChI is InChI=1S/C25H28N2O6/c1-24(15-32-2,22(29)30)26-21(28)25(12-7-13-25)27-23(31)33-14-20-18-10-5-3-8-16(18)17-9-4-6-11-19(17)20/h3-6,8-11,20H,7,12-15H2,1-2H3,(H,26,28)(H,27,31)(H,29,30). The van der Waals surface area contributed by atoms with Crippen molar-refractivity contribution in [2.24, 2.45) is 0 Å². The van der Waals surface area contributed by atoms with Crippen molar-refractivity contribution in [3.05, 3.63) is 59.7 Å². The lowest BCUT2D eigenvalue weighted by atomic mass is 9.75. The lowest BCUT2D eigenvalue weighted by Gasteiger charge is -2.42. The Morgan fingerprint density at radius 1 is 1.06 bits per heavy atom. The molecule has 2 aliphatic rings. The third-order valence-electron chi connectivity index (χ3n) is 6.62. The first-order valence-electron chi connectivity index (χ1n) is 11.0. The Hall–Kier alpha value is -3.39. The molecule has 0 radical (unpaired) electrons. The lowest BCUT2D eigenvalue weighted by molar-refractivity contribution is -0.151. The fourth-order valence-corrected chi connectivity index (χ4v) is 4.58. The number of carboxylic acid groups (broad SMARTS) is 1. The minimum atomic E-state index is -1.60. The number of fused-ring (bicyclic) bond motifs is 3. The fraction of sp³-hybridized carbons (Fsp3) is 0.400. The summed E-state index contributed by atoms with van der Waals surface area (Å²) in [5.41, 5.74) is 1.66. The first kappa shape index (κ1) is 22.8. The van der Waals surface area contributed by atoms with Gasteiger partial charge in [-0.25, -0.2) is 9.59 Å². The van der Waals surface area contributed by atoms with Crippen LogP contribution in [0.25, 0.3) is 11.1 Å². The van der Waals surface area contributed by atoms with E-state index in [-0.39, 0.29) is 19.1 Å². The Labute approximate surface area is 192 Å². The zero-order chi connectivity index (χ0) is 23.6. The molecule has 1 fully saturated rings. The number of methoxy groups -OCH3 is 1. The highest BCUT2D eigenvalue weighted by molar-refractivity contribution is 5.95. The van der Waals surface area contributed by atoms with E-state index in [2.05, 4.69) is 22.8 Å². The first-order valence-corrected chi connectivity index (χ1v) is 11.0. The number of carbonyl (C=O) groups is 3. The highest BCUT2D eigenvalue weighted by Crippen LogP contribution is 2.44. The van der Waals surface area contributed by atoms with Crippen LogP contribution in [0.1, 0.15) is 43.2 Å². The summed E-state index contributed by atoms with van der Waals surface area (Å²) in [6, 6.07) is 16.1. The molecule has 1 saturated carbocycles. The quantitative estimate of drug-likeness (QED) is 0.567. The van der Waals surface area contributed by atoms with Gasteiger partial charge in [0.05, 0.1) is 6.61 Å². The molecule has 0 aromatic heterocycles. The van der Waals surface area contributed by atoms with E-state index in [0.717, 1.165) is 28.7 Å². The Balaban J connectivity index is 1.43. The van der Waals surface area contributed by atoms with E-state index in [1.165, 1.54) is 14.0 Å². The van der Waals surface area contributed by atoms with Crippen LogP contribution in [0.3, 0.4) is 0 Å². The highest BCUT2D eigenvalue weighted by Gasteiger charge is 2.49. The van der Waals surface area contributed by atoms with Gasteiger partial charge in [-0.15, -0.1) is 0 Å². The summed E-state index contributed by atoms with van der Waals surface area (Å²) in [7, 11) is 1.36. The van der Waals surface area contributed by atoms with Crippen LogP contribution >= 0.6 is 0 Å². The highest BCUT2D eigenvalue weighted by atomic mass is 16.5. The van der Waals surface area contributed by atoms with E-state index in [0.29, 0.717) is 12.8 Å². The lowest BCUT2D eigenvalue weighted by Crippen LogP contribution is -2.68. The molecular formula is C25H28N2O6. The van der Waals surface area contributed by atoms with Crippen LogP contribution in [-0.2, 0) is 19.1 Å². The molecule has 2 aliphatic carbocycles. The number of carbonyl (C=O) groups excluding carboxylic acids is 2. The van der Waals surface area contributed by atoms with Gasteiger partial charge in [0.1, 0.15) is 12.1 Å². The molecule has 8 heteroatoms. The van der Waals surface area contributed by atoms with Gasteiger partial charge in [0.25, 0.3) is 0 Å². The minimum Gasteiger partial charge on any atom is -0.479 e. The number of hydrogen-bond acceptors (Lipinski definition) is 5. The van der Waals surface area contributed by atoms with Gasteiger partial charge >= 0.3 is 12.1 Å². The molecule has 2 amide bonds. The molecule has 4 rings (SSSR count). The molecule has 1 atom stereocenters. The molecule has 0 spiro atoms. The number of carboxylic acids is 1. The molecule has 2 aromatic carbocycles. The van der Waals surface area contributed by atoms with Crippen LogP contribution in [0.2, 0.25) is 0 Å². The van der Waals surface area contributed by atoms with E-state index in [1.54, 1.807) is 0 Å². The van der Waals surface area contributed by atoms with Crippen LogP contribution in [0.4, 0.5) is 4.79 Å². The fourth-order valence-electron chi connectivity index (χ4n) is 4.58. The molecule has 8 nitrogen and oxygen atoms in total. The van der Waals surface area contributed by atoms with Crippen LogP contribution in [0.5, 0.6) is 0 Å². The van der Waals surface area contributed by atoms with Gasteiger partial charge in [0.15, 0.2) is 5.54 Å². The van der Waals surface area contributed by atoms with Crippen molar-refractivity contribution >= 4 is 18.0 Å². The van der Waals surface area contributed by atoms with Crippen molar-refractivity contribution in [2.45, 2.75) is 43.2 Å². The number of amides is 2. The van der Waals surface area contributed by atoms with E-state index in [1.807, 2.05) is 36.4 Å². The van der Waals surface area contributed by atoms with Crippen LogP contribution in [0, 0.1) is 0 Å². The molecule has 3 N–H and O–H groups in total. The van der Waals surface area contributed by atoms with Crippen molar-refractivity contribution in [3.8, 4) is 11.1 Å². The SMILES string of the molecule is COCC(C)(NC(=O)C1(NC(=O)OCC2c3ccccc3-c3ccccc32)CCC1)C(=O)O. The van der Waals surface area contributed by atoms with E-state index in [9.17, 15) is 19.5 Å². The van der Waals surface area contributed by atoms with Crippen molar-refractivity contribution < 1.29 is 29.0 Å². The van der Waals surface area contributed by atoms with Crippen LogP contribution in [0.15, 0.2) is 48.5 Å². The predicted molar refractivity (Wildman–Crippen MR) is 121 cm³/mol. The smallest absolute Gasteiger partial charge is 0.408 e. The number of alkyl carbamates (subject to hydrolysis) is 1. The Morgan fingerprint density at radius 2 is 1.64 bits per heavy atom. The van der Waals surface area contributed by atoms with E-state index >= 15 is 0 Å². The summed E-state index contributed by atoms with van der Waals surface area (Å²) < 4.78 is 10.5. The Kier molecular flexibility index (Phi) is 6.12. The largest absolute Gasteiger partial charge is 0.479 e. The summed E-state index contributed by atoms with van der Waals surface area (Å²) in [6.45, 7) is 1.31. The van der Waals surface area contributed by atoms with Crippen molar-refractivity contribution in [2.75, 3.05) is 20.3 Å². The van der Waals surface area contributed by atoms with Gasteiger partial charge in [-0.1, -0.05) is 48.5 Å². The van der Waals surface area contributed by atoms with E-state index < -0.39 is 29.0 Å². The number of rotatable bonds is 8. The molecule has 174 valence electrons. The average molecular weight is 453 g/mol. The van der Waals surface area contributed by atoms with Gasteiger partial charge in [-0.3, -0.25) is 4.79 Å². The maximum Gasteiger partial charge on any atom is 0.408 e. The second-order valence-electron chi connectivity index (χ2n) is 8.91. The van der Waals surface area contributed by atoms with Crippen LogP contribution < -0.4 is 10.6 Å². The van der Waals surface area contributed by atoms with Crippen molar-refractivity contribution in [1.29, 1.82) is 0 Å². The summed E-state index contributed by atoms with van der Waals surface area (Å²) in [4.78, 5) is 37.3. The topological polar surface area (TPSA) is 114 Å². The predicted octanol–water partition coefficient (Wildman–Crippen LogP) is 3.05. The molecule has 33 heavy (non-hydrogen) atoms. The molecular weight excluding hydrogens is 424 g/mol. The van der Waals surface area contributed by atoms with Crippen molar-refractivity contribution in [3.63, 3.8) is 0 Å². The maximum absolute atomic E-state index is 13.0. The number of nitrogens with one attached hydrogen (secondary N) is 2. The monoisotopic (exact) mass is 452 g/mol. The summed E-state index contributed by atoms with van der Waals surface area (Å²) in [5, 5.41) is 14.7. The Morgan fingerprint density at radius 3 is 2.12 bits per heavy atom. The molecule has 0 aliphatic heterocycles. The molecule has 0 saturated heterocycles. The molecule has 1 unspecified atom stereocenters. The third kappa shape index (κ3) is 4.18. The molecule has 2 aromatic rings. The van der Waals surface area contributed by atoms with Crippen LogP contribution in [-0.4, -0.2) is 54.5 Å². The van der Waals surface area contributed by atoms with Crippen molar-refractivity contribution in [1.82, 2.24) is 10.6 Å². The molecule has 0 bridgehead atoms. The van der Waals surface area contributed by atoms with Gasteiger partial charge in [-0.05, 0) is 48.4 Å². The number of hydrogen-bond donors (Lipinski definition) is 3. The number of benzene rings is 2.